The van der Waals surface area contributed by atoms with Crippen LogP contribution in [0.5, 0.6) is 0 Å². The first-order chi connectivity index (χ1) is 9.58. The highest BCUT2D eigenvalue weighted by molar-refractivity contribution is 5.18. The highest BCUT2D eigenvalue weighted by Crippen LogP contribution is 2.33. The van der Waals surface area contributed by atoms with Crippen LogP contribution < -0.4 is 0 Å². The Morgan fingerprint density at radius 2 is 2.30 bits per heavy atom. The van der Waals surface area contributed by atoms with Crippen molar-refractivity contribution in [1.82, 2.24) is 24.9 Å². The molecule has 0 bridgehead atoms. The summed E-state index contributed by atoms with van der Waals surface area (Å²) in [5.74, 6) is 0. The Morgan fingerprint density at radius 1 is 1.45 bits per heavy atom. The molecule has 0 spiro atoms. The topological polar surface area (TPSA) is 49.7 Å². The lowest BCUT2D eigenvalue weighted by molar-refractivity contribution is 0.147. The van der Waals surface area contributed by atoms with Gasteiger partial charge in [0.05, 0.1) is 6.20 Å². The van der Waals surface area contributed by atoms with E-state index in [1.807, 2.05) is 24.1 Å². The van der Waals surface area contributed by atoms with E-state index in [1.165, 1.54) is 29.8 Å². The lowest BCUT2D eigenvalue weighted by atomic mass is 9.79. The molecule has 1 aliphatic heterocycles. The van der Waals surface area contributed by atoms with Gasteiger partial charge in [0.2, 0.25) is 0 Å². The highest BCUT2D eigenvalue weighted by atomic mass is 15.3. The smallest absolute Gasteiger partial charge is 0.0537 e. The molecule has 0 amide bonds. The highest BCUT2D eigenvalue weighted by Gasteiger charge is 2.33. The molecule has 3 heterocycles. The number of hydrogen-bond acceptors (Lipinski definition) is 3. The molecular weight excluding hydrogens is 250 g/mol. The van der Waals surface area contributed by atoms with Crippen molar-refractivity contribution in [2.24, 2.45) is 7.05 Å². The molecule has 1 fully saturated rings. The van der Waals surface area contributed by atoms with Crippen molar-refractivity contribution in [3.63, 3.8) is 0 Å². The molecule has 1 unspecified atom stereocenters. The maximum atomic E-state index is 4.34. The van der Waals surface area contributed by atoms with E-state index in [4.69, 9.17) is 0 Å². The van der Waals surface area contributed by atoms with Gasteiger partial charge in [-0.05, 0) is 32.4 Å². The van der Waals surface area contributed by atoms with Crippen molar-refractivity contribution < 1.29 is 0 Å². The molecule has 5 heteroatoms. The Bertz CT molecular complexity index is 571. The Kier molecular flexibility index (Phi) is 3.38. The number of nitrogens with zero attached hydrogens (tertiary/aromatic N) is 4. The van der Waals surface area contributed by atoms with Gasteiger partial charge in [-0.25, -0.2) is 0 Å². The lowest BCUT2D eigenvalue weighted by Gasteiger charge is -2.39. The Labute approximate surface area is 120 Å². The van der Waals surface area contributed by atoms with Crippen molar-refractivity contribution >= 4 is 0 Å². The van der Waals surface area contributed by atoms with Crippen LogP contribution in [0.15, 0.2) is 18.5 Å². The molecule has 1 aliphatic rings. The van der Waals surface area contributed by atoms with E-state index in [2.05, 4.69) is 40.1 Å². The number of H-pyrrole nitrogens is 1. The average molecular weight is 273 g/mol. The lowest BCUT2D eigenvalue weighted by Crippen LogP contribution is -2.44. The zero-order valence-electron chi connectivity index (χ0n) is 12.6. The molecule has 1 N–H and O–H groups in total. The molecule has 0 radical (unpaired) electrons. The van der Waals surface area contributed by atoms with Crippen LogP contribution in [0.3, 0.4) is 0 Å². The first-order valence-electron chi connectivity index (χ1n) is 7.28. The molecule has 0 saturated carbocycles. The molecule has 0 aromatic carbocycles. The fourth-order valence-corrected chi connectivity index (χ4v) is 3.23. The van der Waals surface area contributed by atoms with Crippen LogP contribution in [0, 0.1) is 6.92 Å². The molecular formula is C15H23N5. The van der Waals surface area contributed by atoms with Crippen molar-refractivity contribution in [1.29, 1.82) is 0 Å². The minimum atomic E-state index is 0.185. The summed E-state index contributed by atoms with van der Waals surface area (Å²) in [6.45, 7) is 7.70. The van der Waals surface area contributed by atoms with Crippen molar-refractivity contribution in [3.8, 4) is 0 Å². The molecule has 2 aromatic heterocycles. The SMILES string of the molecule is Cc1c(CN2CCCC(C)(c3ccn[nH]3)C2)cnn1C. The third kappa shape index (κ3) is 2.38. The van der Waals surface area contributed by atoms with E-state index in [0.717, 1.165) is 19.6 Å². The van der Waals surface area contributed by atoms with E-state index in [9.17, 15) is 0 Å². The summed E-state index contributed by atoms with van der Waals surface area (Å²) in [6.07, 6.45) is 6.30. The van der Waals surface area contributed by atoms with Crippen LogP contribution in [0.25, 0.3) is 0 Å². The second kappa shape index (κ2) is 5.05. The molecule has 1 saturated heterocycles. The molecule has 2 aromatic rings. The number of nitrogens with one attached hydrogen (secondary N) is 1. The second-order valence-electron chi connectivity index (χ2n) is 6.22. The van der Waals surface area contributed by atoms with Gasteiger partial charge >= 0.3 is 0 Å². The fraction of sp³-hybridized carbons (Fsp3) is 0.600. The van der Waals surface area contributed by atoms with Gasteiger partial charge in [0.25, 0.3) is 0 Å². The number of aryl methyl sites for hydroxylation is 1. The number of likely N-dealkylation sites (tertiary alicyclic amines) is 1. The van der Waals surface area contributed by atoms with E-state index in [0.29, 0.717) is 0 Å². The van der Waals surface area contributed by atoms with Gasteiger partial charge in [0, 0.05) is 48.7 Å². The molecule has 5 nitrogen and oxygen atoms in total. The summed E-state index contributed by atoms with van der Waals surface area (Å²) >= 11 is 0. The summed E-state index contributed by atoms with van der Waals surface area (Å²) in [7, 11) is 2.00. The Hall–Kier alpha value is -1.62. The quantitative estimate of drug-likeness (QED) is 0.930. The third-order valence-electron chi connectivity index (χ3n) is 4.66. The van der Waals surface area contributed by atoms with Crippen LogP contribution in [0.1, 0.15) is 36.7 Å². The number of piperidine rings is 1. The number of aromatic nitrogens is 4. The molecule has 20 heavy (non-hydrogen) atoms. The van der Waals surface area contributed by atoms with Crippen LogP contribution in [0.2, 0.25) is 0 Å². The van der Waals surface area contributed by atoms with Gasteiger partial charge in [-0.2, -0.15) is 10.2 Å². The summed E-state index contributed by atoms with van der Waals surface area (Å²) < 4.78 is 1.95. The predicted octanol–water partition coefficient (Wildman–Crippen LogP) is 2.01. The maximum absolute atomic E-state index is 4.34. The van der Waals surface area contributed by atoms with E-state index >= 15 is 0 Å². The van der Waals surface area contributed by atoms with Crippen LogP contribution in [-0.2, 0) is 19.0 Å². The largest absolute Gasteiger partial charge is 0.298 e. The normalized spacial score (nSPS) is 24.1. The Morgan fingerprint density at radius 3 is 2.95 bits per heavy atom. The molecule has 0 aliphatic carbocycles. The van der Waals surface area contributed by atoms with Crippen LogP contribution >= 0.6 is 0 Å². The summed E-state index contributed by atoms with van der Waals surface area (Å²) in [5.41, 5.74) is 4.04. The third-order valence-corrected chi connectivity index (χ3v) is 4.66. The number of hydrogen-bond donors (Lipinski definition) is 1. The van der Waals surface area contributed by atoms with E-state index < -0.39 is 0 Å². The average Bonchev–Trinajstić information content (AvgIpc) is 3.05. The number of rotatable bonds is 3. The van der Waals surface area contributed by atoms with E-state index in [-0.39, 0.29) is 5.41 Å². The first-order valence-corrected chi connectivity index (χ1v) is 7.28. The Balaban J connectivity index is 1.74. The van der Waals surface area contributed by atoms with Crippen LogP contribution in [-0.4, -0.2) is 38.0 Å². The van der Waals surface area contributed by atoms with Gasteiger partial charge < -0.3 is 0 Å². The van der Waals surface area contributed by atoms with Crippen LogP contribution in [0.4, 0.5) is 0 Å². The molecule has 1 atom stereocenters. The standard InChI is InChI=1S/C15H23N5/c1-12-13(9-17-19(12)3)10-20-8-4-6-15(2,11-20)14-5-7-16-18-14/h5,7,9H,4,6,8,10-11H2,1-3H3,(H,16,18). The first kappa shape index (κ1) is 13.4. The van der Waals surface area contributed by atoms with Gasteiger partial charge in [-0.3, -0.25) is 14.7 Å². The summed E-state index contributed by atoms with van der Waals surface area (Å²) in [6, 6.07) is 2.11. The zero-order valence-corrected chi connectivity index (χ0v) is 12.6. The second-order valence-corrected chi connectivity index (χ2v) is 6.22. The number of aromatic amines is 1. The minimum absolute atomic E-state index is 0.185. The van der Waals surface area contributed by atoms with Gasteiger partial charge in [-0.15, -0.1) is 0 Å². The zero-order chi connectivity index (χ0) is 14.2. The minimum Gasteiger partial charge on any atom is -0.298 e. The van der Waals surface area contributed by atoms with Crippen molar-refractivity contribution in [2.75, 3.05) is 13.1 Å². The van der Waals surface area contributed by atoms with E-state index in [1.54, 1.807) is 0 Å². The molecule has 108 valence electrons. The van der Waals surface area contributed by atoms with Crippen molar-refractivity contribution in [2.45, 2.75) is 38.6 Å². The van der Waals surface area contributed by atoms with Crippen molar-refractivity contribution in [3.05, 3.63) is 35.4 Å². The monoisotopic (exact) mass is 273 g/mol. The van der Waals surface area contributed by atoms with Gasteiger partial charge in [-0.1, -0.05) is 6.92 Å². The summed E-state index contributed by atoms with van der Waals surface area (Å²) in [5, 5.41) is 11.6. The van der Waals surface area contributed by atoms with Gasteiger partial charge in [0.1, 0.15) is 0 Å². The molecule has 3 rings (SSSR count). The summed E-state index contributed by atoms with van der Waals surface area (Å²) in [4.78, 5) is 2.54. The van der Waals surface area contributed by atoms with Gasteiger partial charge in [0.15, 0.2) is 0 Å². The predicted molar refractivity (Wildman–Crippen MR) is 78.4 cm³/mol. The fourth-order valence-electron chi connectivity index (χ4n) is 3.23. The maximum Gasteiger partial charge on any atom is 0.0537 e.